The fourth-order valence-electron chi connectivity index (χ4n) is 1.83. The summed E-state index contributed by atoms with van der Waals surface area (Å²) < 4.78 is 31.2. The van der Waals surface area contributed by atoms with Crippen molar-refractivity contribution in [2.24, 2.45) is 0 Å². The SMILES string of the molecule is O=C1CC(=O)C(S(=O)(=O)O)c2ccccc21. The first kappa shape index (κ1) is 11.0. The van der Waals surface area contributed by atoms with Gasteiger partial charge in [0.25, 0.3) is 10.1 Å². The molecule has 0 aliphatic heterocycles. The second-order valence-corrected chi connectivity index (χ2v) is 5.05. The highest BCUT2D eigenvalue weighted by Gasteiger charge is 2.40. The van der Waals surface area contributed by atoms with Crippen LogP contribution in [0.3, 0.4) is 0 Å². The summed E-state index contributed by atoms with van der Waals surface area (Å²) in [5.41, 5.74) is 0.246. The Morgan fingerprint density at radius 3 is 2.44 bits per heavy atom. The molecule has 0 fully saturated rings. The molecule has 1 unspecified atom stereocenters. The molecule has 1 aliphatic carbocycles. The van der Waals surface area contributed by atoms with Crippen molar-refractivity contribution in [3.05, 3.63) is 35.4 Å². The fraction of sp³-hybridized carbons (Fsp3) is 0.200. The first-order chi connectivity index (χ1) is 7.41. The Morgan fingerprint density at radius 2 is 1.81 bits per heavy atom. The van der Waals surface area contributed by atoms with Crippen molar-refractivity contribution in [2.45, 2.75) is 11.7 Å². The van der Waals surface area contributed by atoms with Gasteiger partial charge in [0, 0.05) is 5.56 Å². The van der Waals surface area contributed by atoms with Gasteiger partial charge in [0.05, 0.1) is 6.42 Å². The number of ketones is 2. The van der Waals surface area contributed by atoms with Gasteiger partial charge < -0.3 is 0 Å². The molecule has 1 aromatic carbocycles. The number of hydrogen-bond acceptors (Lipinski definition) is 4. The number of Topliss-reactive ketones (excluding diaryl/α,β-unsaturated/α-hetero) is 2. The van der Waals surface area contributed by atoms with Crippen molar-refractivity contribution >= 4 is 21.7 Å². The summed E-state index contributed by atoms with van der Waals surface area (Å²) in [5, 5.41) is -1.62. The van der Waals surface area contributed by atoms with E-state index in [-0.39, 0.29) is 11.1 Å². The van der Waals surface area contributed by atoms with Crippen LogP contribution >= 0.6 is 0 Å². The third-order valence-electron chi connectivity index (χ3n) is 2.47. The van der Waals surface area contributed by atoms with Crippen LogP contribution in [0.25, 0.3) is 0 Å². The van der Waals surface area contributed by atoms with Gasteiger partial charge in [-0.2, -0.15) is 8.42 Å². The summed E-state index contributed by atoms with van der Waals surface area (Å²) in [6.45, 7) is 0. The predicted octanol–water partition coefficient (Wildman–Crippen LogP) is 0.771. The minimum absolute atomic E-state index is 0.0613. The van der Waals surface area contributed by atoms with Crippen LogP contribution in [0.4, 0.5) is 0 Å². The molecule has 5 nitrogen and oxygen atoms in total. The molecule has 1 aliphatic rings. The van der Waals surface area contributed by atoms with Gasteiger partial charge in [-0.25, -0.2) is 0 Å². The van der Waals surface area contributed by atoms with Gasteiger partial charge in [-0.3, -0.25) is 14.1 Å². The van der Waals surface area contributed by atoms with Crippen LogP contribution in [0, 0.1) is 0 Å². The van der Waals surface area contributed by atoms with Gasteiger partial charge in [-0.15, -0.1) is 0 Å². The normalized spacial score (nSPS) is 20.7. The second kappa shape index (κ2) is 3.50. The highest BCUT2D eigenvalue weighted by Crippen LogP contribution is 2.32. The number of hydrogen-bond donors (Lipinski definition) is 1. The zero-order valence-corrected chi connectivity index (χ0v) is 8.90. The topological polar surface area (TPSA) is 88.5 Å². The summed E-state index contributed by atoms with van der Waals surface area (Å²) in [7, 11) is -4.51. The second-order valence-electron chi connectivity index (χ2n) is 3.55. The van der Waals surface area contributed by atoms with E-state index in [4.69, 9.17) is 4.55 Å². The van der Waals surface area contributed by atoms with Crippen LogP contribution < -0.4 is 0 Å². The van der Waals surface area contributed by atoms with Crippen LogP contribution in [-0.2, 0) is 14.9 Å². The molecular formula is C10H8O5S. The van der Waals surface area contributed by atoms with Crippen LogP contribution in [-0.4, -0.2) is 24.5 Å². The van der Waals surface area contributed by atoms with Crippen molar-refractivity contribution in [3.63, 3.8) is 0 Å². The number of benzene rings is 1. The van der Waals surface area contributed by atoms with Gasteiger partial charge in [0.2, 0.25) is 0 Å². The highest BCUT2D eigenvalue weighted by atomic mass is 32.2. The molecule has 1 N–H and O–H groups in total. The third-order valence-corrected chi connectivity index (χ3v) is 3.58. The van der Waals surface area contributed by atoms with E-state index >= 15 is 0 Å². The molecule has 0 bridgehead atoms. The van der Waals surface area contributed by atoms with Gasteiger partial charge in [0.15, 0.2) is 16.8 Å². The molecule has 0 aromatic heterocycles. The maximum atomic E-state index is 11.5. The van der Waals surface area contributed by atoms with Crippen molar-refractivity contribution in [1.29, 1.82) is 0 Å². The average molecular weight is 240 g/mol. The Balaban J connectivity index is 2.70. The Hall–Kier alpha value is -1.53. The molecule has 1 aromatic rings. The number of fused-ring (bicyclic) bond motifs is 1. The molecule has 0 radical (unpaired) electrons. The zero-order chi connectivity index (χ0) is 11.9. The lowest BCUT2D eigenvalue weighted by Crippen LogP contribution is -2.30. The van der Waals surface area contributed by atoms with Crippen molar-refractivity contribution in [1.82, 2.24) is 0 Å². The standard InChI is InChI=1S/C10H8O5S/c11-8-5-9(12)10(16(13,14)15)7-4-2-1-3-6(7)8/h1-4,10H,5H2,(H,13,14,15). The monoisotopic (exact) mass is 240 g/mol. The fourth-order valence-corrected chi connectivity index (χ4v) is 2.77. The summed E-state index contributed by atoms with van der Waals surface area (Å²) in [5.74, 6) is -1.20. The van der Waals surface area contributed by atoms with E-state index in [1.165, 1.54) is 18.2 Å². The van der Waals surface area contributed by atoms with Crippen molar-refractivity contribution < 1.29 is 22.6 Å². The molecule has 0 saturated carbocycles. The first-order valence-electron chi connectivity index (χ1n) is 4.52. The lowest BCUT2D eigenvalue weighted by atomic mass is 9.89. The summed E-state index contributed by atoms with van der Waals surface area (Å²) in [4.78, 5) is 22.9. The molecule has 1 atom stereocenters. The minimum Gasteiger partial charge on any atom is -0.297 e. The van der Waals surface area contributed by atoms with E-state index in [0.717, 1.165) is 0 Å². The van der Waals surface area contributed by atoms with E-state index in [2.05, 4.69) is 0 Å². The molecule has 0 amide bonds. The third kappa shape index (κ3) is 1.66. The Bertz CT molecular complexity index is 573. The lowest BCUT2D eigenvalue weighted by Gasteiger charge is -2.20. The minimum atomic E-state index is -4.51. The van der Waals surface area contributed by atoms with E-state index in [1.807, 2.05) is 0 Å². The van der Waals surface area contributed by atoms with E-state index in [0.29, 0.717) is 0 Å². The van der Waals surface area contributed by atoms with Gasteiger partial charge in [-0.1, -0.05) is 24.3 Å². The van der Waals surface area contributed by atoms with Crippen LogP contribution in [0.2, 0.25) is 0 Å². The molecule has 2 rings (SSSR count). The maximum Gasteiger partial charge on any atom is 0.279 e. The Labute approximate surface area is 91.8 Å². The molecule has 0 saturated heterocycles. The largest absolute Gasteiger partial charge is 0.297 e. The molecule has 16 heavy (non-hydrogen) atoms. The van der Waals surface area contributed by atoms with Gasteiger partial charge in [-0.05, 0) is 5.56 Å². The number of carbonyl (C=O) groups is 2. The Morgan fingerprint density at radius 1 is 1.19 bits per heavy atom. The lowest BCUT2D eigenvalue weighted by molar-refractivity contribution is -0.118. The van der Waals surface area contributed by atoms with Gasteiger partial charge in [0.1, 0.15) is 0 Å². The maximum absolute atomic E-state index is 11.5. The van der Waals surface area contributed by atoms with Crippen LogP contribution in [0.1, 0.15) is 27.6 Å². The number of rotatable bonds is 1. The number of carbonyl (C=O) groups excluding carboxylic acids is 2. The molecular weight excluding hydrogens is 232 g/mol. The summed E-state index contributed by atoms with van der Waals surface area (Å²) in [6, 6.07) is 5.90. The van der Waals surface area contributed by atoms with Crippen LogP contribution in [0.5, 0.6) is 0 Å². The summed E-state index contributed by atoms with van der Waals surface area (Å²) >= 11 is 0. The molecule has 0 heterocycles. The Kier molecular flexibility index (Phi) is 2.40. The van der Waals surface area contributed by atoms with Crippen LogP contribution in [0.15, 0.2) is 24.3 Å². The smallest absolute Gasteiger partial charge is 0.279 e. The molecule has 0 spiro atoms. The average Bonchev–Trinajstić information content (AvgIpc) is 2.15. The highest BCUT2D eigenvalue weighted by molar-refractivity contribution is 7.86. The molecule has 6 heteroatoms. The van der Waals surface area contributed by atoms with Crippen molar-refractivity contribution in [3.8, 4) is 0 Å². The molecule has 84 valence electrons. The quantitative estimate of drug-likeness (QED) is 0.578. The van der Waals surface area contributed by atoms with E-state index in [9.17, 15) is 18.0 Å². The van der Waals surface area contributed by atoms with Crippen molar-refractivity contribution in [2.75, 3.05) is 0 Å². The van der Waals surface area contributed by atoms with E-state index in [1.54, 1.807) is 6.07 Å². The summed E-state index contributed by atoms with van der Waals surface area (Å²) in [6.07, 6.45) is -0.485. The zero-order valence-electron chi connectivity index (χ0n) is 8.08. The first-order valence-corrected chi connectivity index (χ1v) is 6.02. The van der Waals surface area contributed by atoms with Gasteiger partial charge >= 0.3 is 0 Å². The van der Waals surface area contributed by atoms with E-state index < -0.39 is 33.4 Å². The predicted molar refractivity (Wildman–Crippen MR) is 54.7 cm³/mol.